The van der Waals surface area contributed by atoms with Gasteiger partial charge in [-0.15, -0.1) is 0 Å². The third kappa shape index (κ3) is 5.16. The Hall–Kier alpha value is -2.27. The van der Waals surface area contributed by atoms with E-state index in [0.717, 1.165) is 18.7 Å². The van der Waals surface area contributed by atoms with Crippen LogP contribution in [0.5, 0.6) is 5.75 Å². The lowest BCUT2D eigenvalue weighted by Crippen LogP contribution is -3.11. The molecule has 28 heavy (non-hydrogen) atoms. The van der Waals surface area contributed by atoms with E-state index in [-0.39, 0.29) is 11.3 Å². The number of hydrogen-bond acceptors (Lipinski definition) is 2. The minimum Gasteiger partial charge on any atom is -0.492 e. The molecule has 2 atom stereocenters. The number of nitrogens with zero attached hydrogens (tertiary/aromatic N) is 1. The third-order valence-corrected chi connectivity index (χ3v) is 5.63. The van der Waals surface area contributed by atoms with Crippen molar-refractivity contribution in [1.82, 2.24) is 9.88 Å². The van der Waals surface area contributed by atoms with E-state index in [1.807, 2.05) is 12.1 Å². The van der Waals surface area contributed by atoms with E-state index < -0.39 is 0 Å². The van der Waals surface area contributed by atoms with Gasteiger partial charge < -0.3 is 19.5 Å². The molecular weight excluding hydrogens is 350 g/mol. The number of carbonyl (C=O) groups excluding carboxylic acids is 1. The number of aromatic nitrogens is 1. The zero-order valence-corrected chi connectivity index (χ0v) is 17.6. The number of aryl methyl sites for hydroxylation is 1. The Kier molecular flexibility index (Phi) is 6.45. The standard InChI is InChI=1S/C23H33N3O2/c1-23(2,3)18-9-11-19(12-10-18)28-16-13-24-22(27)17-26-15-6-8-21(26)20-7-5-14-25(20)4/h5,7,9-12,14,21H,6,8,13,15-17H2,1-4H3,(H,24,27)/p+1/t21-/m1/s1. The van der Waals surface area contributed by atoms with E-state index in [4.69, 9.17) is 4.74 Å². The first-order valence-corrected chi connectivity index (χ1v) is 10.3. The molecular formula is C23H34N3O2+. The molecule has 5 nitrogen and oxygen atoms in total. The molecule has 1 unspecified atom stereocenters. The van der Waals surface area contributed by atoms with Crippen LogP contribution in [0.15, 0.2) is 42.6 Å². The van der Waals surface area contributed by atoms with Gasteiger partial charge in [0.1, 0.15) is 18.4 Å². The smallest absolute Gasteiger partial charge is 0.275 e. The number of amides is 1. The van der Waals surface area contributed by atoms with Gasteiger partial charge in [-0.25, -0.2) is 0 Å². The van der Waals surface area contributed by atoms with Crippen molar-refractivity contribution < 1.29 is 14.4 Å². The van der Waals surface area contributed by atoms with Gasteiger partial charge in [0, 0.05) is 26.1 Å². The molecule has 2 aromatic rings. The van der Waals surface area contributed by atoms with Gasteiger partial charge in [0.15, 0.2) is 6.54 Å². The van der Waals surface area contributed by atoms with Crippen molar-refractivity contribution in [2.45, 2.75) is 45.1 Å². The van der Waals surface area contributed by atoms with Gasteiger partial charge in [0.05, 0.1) is 18.8 Å². The molecule has 0 aliphatic carbocycles. The molecule has 3 rings (SSSR count). The summed E-state index contributed by atoms with van der Waals surface area (Å²) in [4.78, 5) is 13.7. The van der Waals surface area contributed by atoms with Crippen LogP contribution in [-0.2, 0) is 17.3 Å². The van der Waals surface area contributed by atoms with Crippen LogP contribution >= 0.6 is 0 Å². The topological polar surface area (TPSA) is 47.7 Å². The molecule has 5 heteroatoms. The molecule has 1 aliphatic rings. The molecule has 2 heterocycles. The summed E-state index contributed by atoms with van der Waals surface area (Å²) in [6, 6.07) is 12.9. The van der Waals surface area contributed by atoms with Gasteiger partial charge in [-0.2, -0.15) is 0 Å². The summed E-state index contributed by atoms with van der Waals surface area (Å²) in [6.07, 6.45) is 4.40. The quantitative estimate of drug-likeness (QED) is 0.720. The summed E-state index contributed by atoms with van der Waals surface area (Å²) >= 11 is 0. The predicted octanol–water partition coefficient (Wildman–Crippen LogP) is 2.24. The SMILES string of the molecule is Cn1cccc1[C@H]1CCC[NH+]1CC(=O)NCCOc1ccc(C(C)(C)C)cc1. The van der Waals surface area contributed by atoms with Crippen molar-refractivity contribution in [3.05, 3.63) is 53.9 Å². The molecule has 1 amide bonds. The summed E-state index contributed by atoms with van der Waals surface area (Å²) in [7, 11) is 2.08. The van der Waals surface area contributed by atoms with Gasteiger partial charge in [-0.05, 0) is 35.2 Å². The molecule has 0 spiro atoms. The lowest BCUT2D eigenvalue weighted by molar-refractivity contribution is -0.911. The molecule has 1 aromatic heterocycles. The molecule has 2 N–H and O–H groups in total. The Morgan fingerprint density at radius 2 is 2.00 bits per heavy atom. The van der Waals surface area contributed by atoms with Gasteiger partial charge >= 0.3 is 0 Å². The van der Waals surface area contributed by atoms with Crippen molar-refractivity contribution in [3.8, 4) is 5.75 Å². The van der Waals surface area contributed by atoms with Crippen molar-refractivity contribution in [3.63, 3.8) is 0 Å². The monoisotopic (exact) mass is 384 g/mol. The average Bonchev–Trinajstić information content (AvgIpc) is 3.26. The summed E-state index contributed by atoms with van der Waals surface area (Å²) in [5, 5.41) is 3.00. The molecule has 0 saturated carbocycles. The highest BCUT2D eigenvalue weighted by atomic mass is 16.5. The van der Waals surface area contributed by atoms with Crippen LogP contribution in [0.4, 0.5) is 0 Å². The van der Waals surface area contributed by atoms with Crippen molar-refractivity contribution in [2.75, 3.05) is 26.2 Å². The normalized spacial score (nSPS) is 19.6. The third-order valence-electron chi connectivity index (χ3n) is 5.63. The second-order valence-electron chi connectivity index (χ2n) is 8.80. The second-order valence-corrected chi connectivity index (χ2v) is 8.80. The average molecular weight is 385 g/mol. The van der Waals surface area contributed by atoms with Gasteiger partial charge in [-0.3, -0.25) is 4.79 Å². The summed E-state index contributed by atoms with van der Waals surface area (Å²) < 4.78 is 7.94. The van der Waals surface area contributed by atoms with Crippen molar-refractivity contribution in [1.29, 1.82) is 0 Å². The van der Waals surface area contributed by atoms with Gasteiger partial charge in [-0.1, -0.05) is 32.9 Å². The van der Waals surface area contributed by atoms with Crippen LogP contribution in [0.1, 0.15) is 50.9 Å². The summed E-state index contributed by atoms with van der Waals surface area (Å²) in [5.74, 6) is 0.943. The van der Waals surface area contributed by atoms with E-state index in [9.17, 15) is 4.79 Å². The fourth-order valence-electron chi connectivity index (χ4n) is 4.00. The highest BCUT2D eigenvalue weighted by molar-refractivity contribution is 5.76. The zero-order valence-electron chi connectivity index (χ0n) is 17.6. The van der Waals surface area contributed by atoms with Crippen LogP contribution in [0.2, 0.25) is 0 Å². The first-order chi connectivity index (χ1) is 13.3. The Balaban J connectivity index is 1.40. The number of carbonyl (C=O) groups is 1. The number of ether oxygens (including phenoxy) is 1. The first kappa shape index (κ1) is 20.5. The number of benzene rings is 1. The molecule has 152 valence electrons. The number of nitrogens with one attached hydrogen (secondary N) is 2. The summed E-state index contributed by atoms with van der Waals surface area (Å²) in [5.41, 5.74) is 2.75. The van der Waals surface area contributed by atoms with Crippen LogP contribution in [0, 0.1) is 0 Å². The Morgan fingerprint density at radius 1 is 1.25 bits per heavy atom. The van der Waals surface area contributed by atoms with Crippen molar-refractivity contribution >= 4 is 5.91 Å². The van der Waals surface area contributed by atoms with Crippen LogP contribution < -0.4 is 15.0 Å². The minimum atomic E-state index is 0.0998. The van der Waals surface area contributed by atoms with Crippen LogP contribution in [0.25, 0.3) is 0 Å². The molecule has 1 fully saturated rings. The Labute approximate surface area is 168 Å². The van der Waals surface area contributed by atoms with Gasteiger partial charge in [0.25, 0.3) is 5.91 Å². The largest absolute Gasteiger partial charge is 0.492 e. The fourth-order valence-corrected chi connectivity index (χ4v) is 4.00. The van der Waals surface area contributed by atoms with Crippen molar-refractivity contribution in [2.24, 2.45) is 7.05 Å². The van der Waals surface area contributed by atoms with E-state index in [0.29, 0.717) is 25.7 Å². The predicted molar refractivity (Wildman–Crippen MR) is 112 cm³/mol. The Bertz CT molecular complexity index is 774. The number of likely N-dealkylation sites (tertiary alicyclic amines) is 1. The number of hydrogen-bond donors (Lipinski definition) is 2. The Morgan fingerprint density at radius 3 is 2.64 bits per heavy atom. The maximum Gasteiger partial charge on any atom is 0.275 e. The van der Waals surface area contributed by atoms with E-state index in [1.165, 1.54) is 22.6 Å². The van der Waals surface area contributed by atoms with E-state index >= 15 is 0 Å². The highest BCUT2D eigenvalue weighted by Gasteiger charge is 2.32. The zero-order chi connectivity index (χ0) is 20.1. The highest BCUT2D eigenvalue weighted by Crippen LogP contribution is 2.24. The van der Waals surface area contributed by atoms with Crippen LogP contribution in [-0.4, -0.2) is 36.7 Å². The molecule has 1 aliphatic heterocycles. The molecule has 1 saturated heterocycles. The fraction of sp³-hybridized carbons (Fsp3) is 0.522. The second kappa shape index (κ2) is 8.82. The first-order valence-electron chi connectivity index (χ1n) is 10.3. The number of quaternary nitrogens is 1. The maximum atomic E-state index is 12.4. The molecule has 1 aromatic carbocycles. The van der Waals surface area contributed by atoms with Gasteiger partial charge in [0.2, 0.25) is 0 Å². The molecule has 0 radical (unpaired) electrons. The minimum absolute atomic E-state index is 0.0998. The molecule has 0 bridgehead atoms. The van der Waals surface area contributed by atoms with E-state index in [2.05, 4.69) is 68.2 Å². The number of rotatable bonds is 7. The van der Waals surface area contributed by atoms with E-state index in [1.54, 1.807) is 0 Å². The summed E-state index contributed by atoms with van der Waals surface area (Å²) in [6.45, 7) is 9.18. The lowest BCUT2D eigenvalue weighted by atomic mass is 9.87. The van der Waals surface area contributed by atoms with Crippen LogP contribution in [0.3, 0.4) is 0 Å². The lowest BCUT2D eigenvalue weighted by Gasteiger charge is -2.21. The maximum absolute atomic E-state index is 12.4.